The highest BCUT2D eigenvalue weighted by molar-refractivity contribution is 5.78. The minimum Gasteiger partial charge on any atom is -0.351 e. The van der Waals surface area contributed by atoms with Crippen LogP contribution in [0.2, 0.25) is 0 Å². The number of hydrogen-bond acceptors (Lipinski definition) is 3. The number of carbonyl (C=O) groups is 2. The molecule has 1 aromatic rings. The summed E-state index contributed by atoms with van der Waals surface area (Å²) in [5, 5.41) is 2.92. The highest BCUT2D eigenvalue weighted by atomic mass is 16.2. The topological polar surface area (TPSA) is 52.7 Å². The lowest BCUT2D eigenvalue weighted by Gasteiger charge is -2.33. The van der Waals surface area contributed by atoms with Gasteiger partial charge in [0, 0.05) is 39.6 Å². The molecule has 0 aliphatic carbocycles. The lowest BCUT2D eigenvalue weighted by Crippen LogP contribution is -2.50. The summed E-state index contributed by atoms with van der Waals surface area (Å²) in [6, 6.07) is 9.86. The van der Waals surface area contributed by atoms with E-state index in [1.165, 1.54) is 0 Å². The van der Waals surface area contributed by atoms with E-state index < -0.39 is 0 Å². The Morgan fingerprint density at radius 1 is 1.10 bits per heavy atom. The Bertz CT molecular complexity index is 453. The van der Waals surface area contributed by atoms with Crippen molar-refractivity contribution in [3.63, 3.8) is 0 Å². The minimum atomic E-state index is 0.0325. The third kappa shape index (κ3) is 4.35. The van der Waals surface area contributed by atoms with Crippen molar-refractivity contribution in [2.75, 3.05) is 32.7 Å². The number of piperazine rings is 1. The van der Waals surface area contributed by atoms with Crippen LogP contribution in [0.25, 0.3) is 0 Å². The summed E-state index contributed by atoms with van der Waals surface area (Å²) in [4.78, 5) is 27.0. The molecule has 1 saturated heterocycles. The Kier molecular flexibility index (Phi) is 5.12. The first-order valence-electron chi connectivity index (χ1n) is 6.93. The van der Waals surface area contributed by atoms with Gasteiger partial charge in [-0.1, -0.05) is 30.3 Å². The molecule has 0 spiro atoms. The van der Waals surface area contributed by atoms with Crippen LogP contribution in [0.3, 0.4) is 0 Å². The molecule has 0 radical (unpaired) electrons. The second kappa shape index (κ2) is 7.05. The molecule has 1 N–H and O–H groups in total. The summed E-state index contributed by atoms with van der Waals surface area (Å²) in [5.74, 6) is 0.142. The van der Waals surface area contributed by atoms with Crippen LogP contribution in [-0.2, 0) is 16.1 Å². The number of benzene rings is 1. The number of hydrogen-bond donors (Lipinski definition) is 1. The first-order chi connectivity index (χ1) is 9.65. The first kappa shape index (κ1) is 14.5. The minimum absolute atomic E-state index is 0.0325. The summed E-state index contributed by atoms with van der Waals surface area (Å²) in [5.41, 5.74) is 1.10. The average Bonchev–Trinajstić information content (AvgIpc) is 2.47. The van der Waals surface area contributed by atoms with Gasteiger partial charge in [-0.3, -0.25) is 14.5 Å². The van der Waals surface area contributed by atoms with Crippen LogP contribution in [0.5, 0.6) is 0 Å². The number of nitrogens with zero attached hydrogens (tertiary/aromatic N) is 2. The van der Waals surface area contributed by atoms with Crippen molar-refractivity contribution >= 4 is 11.8 Å². The van der Waals surface area contributed by atoms with Gasteiger partial charge >= 0.3 is 0 Å². The quantitative estimate of drug-likeness (QED) is 0.869. The number of nitrogens with one attached hydrogen (secondary N) is 1. The Morgan fingerprint density at radius 3 is 2.35 bits per heavy atom. The smallest absolute Gasteiger partial charge is 0.234 e. The third-order valence-electron chi connectivity index (χ3n) is 3.52. The molecule has 5 heteroatoms. The molecule has 1 aromatic carbocycles. The molecule has 1 aliphatic rings. The van der Waals surface area contributed by atoms with Gasteiger partial charge in [-0.2, -0.15) is 0 Å². The zero-order valence-corrected chi connectivity index (χ0v) is 11.8. The maximum Gasteiger partial charge on any atom is 0.234 e. The predicted octanol–water partition coefficient (Wildman–Crippen LogP) is 0.467. The Labute approximate surface area is 119 Å². The van der Waals surface area contributed by atoms with Crippen molar-refractivity contribution in [1.29, 1.82) is 0 Å². The molecular formula is C15H21N3O2. The summed E-state index contributed by atoms with van der Waals surface area (Å²) >= 11 is 0. The molecular weight excluding hydrogens is 254 g/mol. The van der Waals surface area contributed by atoms with E-state index in [0.29, 0.717) is 26.2 Å². The van der Waals surface area contributed by atoms with Crippen LogP contribution in [-0.4, -0.2) is 54.3 Å². The monoisotopic (exact) mass is 275 g/mol. The van der Waals surface area contributed by atoms with Crippen LogP contribution in [0, 0.1) is 0 Å². The summed E-state index contributed by atoms with van der Waals surface area (Å²) in [7, 11) is 0. The SMILES string of the molecule is CC(=O)N1CCN(CC(=O)NCc2ccccc2)CC1. The van der Waals surface area contributed by atoms with Crippen LogP contribution in [0.1, 0.15) is 12.5 Å². The maximum atomic E-state index is 11.9. The van der Waals surface area contributed by atoms with Crippen LogP contribution in [0.15, 0.2) is 30.3 Å². The van der Waals surface area contributed by atoms with Crippen molar-refractivity contribution in [2.45, 2.75) is 13.5 Å². The lowest BCUT2D eigenvalue weighted by molar-refractivity contribution is -0.131. The summed E-state index contributed by atoms with van der Waals surface area (Å²) in [6.07, 6.45) is 0. The van der Waals surface area contributed by atoms with Gasteiger partial charge in [0.1, 0.15) is 0 Å². The molecule has 0 saturated carbocycles. The average molecular weight is 275 g/mol. The van der Waals surface area contributed by atoms with E-state index in [2.05, 4.69) is 10.2 Å². The lowest BCUT2D eigenvalue weighted by atomic mass is 10.2. The fourth-order valence-electron chi connectivity index (χ4n) is 2.28. The van der Waals surface area contributed by atoms with Gasteiger partial charge in [0.2, 0.25) is 11.8 Å². The third-order valence-corrected chi connectivity index (χ3v) is 3.52. The zero-order chi connectivity index (χ0) is 14.4. The largest absolute Gasteiger partial charge is 0.351 e. The summed E-state index contributed by atoms with van der Waals surface area (Å²) < 4.78 is 0. The molecule has 0 unspecified atom stereocenters. The molecule has 1 aliphatic heterocycles. The van der Waals surface area contributed by atoms with Crippen molar-refractivity contribution < 1.29 is 9.59 Å². The molecule has 1 heterocycles. The van der Waals surface area contributed by atoms with Crippen LogP contribution < -0.4 is 5.32 Å². The van der Waals surface area contributed by atoms with Crippen molar-refractivity contribution in [1.82, 2.24) is 15.1 Å². The molecule has 0 atom stereocenters. The molecule has 5 nitrogen and oxygen atoms in total. The van der Waals surface area contributed by atoms with Crippen molar-refractivity contribution in [3.8, 4) is 0 Å². The van der Waals surface area contributed by atoms with E-state index in [-0.39, 0.29) is 11.8 Å². The second-order valence-corrected chi connectivity index (χ2v) is 5.04. The highest BCUT2D eigenvalue weighted by Crippen LogP contribution is 2.02. The fraction of sp³-hybridized carbons (Fsp3) is 0.467. The van der Waals surface area contributed by atoms with Crippen LogP contribution >= 0.6 is 0 Å². The highest BCUT2D eigenvalue weighted by Gasteiger charge is 2.19. The number of amides is 2. The molecule has 2 amide bonds. The first-order valence-corrected chi connectivity index (χ1v) is 6.93. The maximum absolute atomic E-state index is 11.9. The molecule has 0 aromatic heterocycles. The Hall–Kier alpha value is -1.88. The molecule has 1 fully saturated rings. The zero-order valence-electron chi connectivity index (χ0n) is 11.8. The Balaban J connectivity index is 1.69. The van der Waals surface area contributed by atoms with Gasteiger partial charge in [0.05, 0.1) is 6.54 Å². The van der Waals surface area contributed by atoms with Crippen molar-refractivity contribution in [2.24, 2.45) is 0 Å². The second-order valence-electron chi connectivity index (χ2n) is 5.04. The van der Waals surface area contributed by atoms with E-state index in [1.807, 2.05) is 35.2 Å². The number of carbonyl (C=O) groups excluding carboxylic acids is 2. The normalized spacial score (nSPS) is 15.9. The number of rotatable bonds is 4. The summed E-state index contributed by atoms with van der Waals surface area (Å²) in [6.45, 7) is 5.49. The van der Waals surface area contributed by atoms with E-state index >= 15 is 0 Å². The van der Waals surface area contributed by atoms with Gasteiger partial charge in [-0.15, -0.1) is 0 Å². The molecule has 20 heavy (non-hydrogen) atoms. The van der Waals surface area contributed by atoms with E-state index in [9.17, 15) is 9.59 Å². The van der Waals surface area contributed by atoms with E-state index in [1.54, 1.807) is 6.92 Å². The van der Waals surface area contributed by atoms with Gasteiger partial charge in [0.15, 0.2) is 0 Å². The van der Waals surface area contributed by atoms with E-state index in [4.69, 9.17) is 0 Å². The molecule has 2 rings (SSSR count). The molecule has 108 valence electrons. The van der Waals surface area contributed by atoms with E-state index in [0.717, 1.165) is 18.7 Å². The van der Waals surface area contributed by atoms with Crippen molar-refractivity contribution in [3.05, 3.63) is 35.9 Å². The predicted molar refractivity (Wildman–Crippen MR) is 77.0 cm³/mol. The molecule has 0 bridgehead atoms. The van der Waals surface area contributed by atoms with Gasteiger partial charge in [-0.25, -0.2) is 0 Å². The fourth-order valence-corrected chi connectivity index (χ4v) is 2.28. The standard InChI is InChI=1S/C15H21N3O2/c1-13(19)18-9-7-17(8-10-18)12-15(20)16-11-14-5-3-2-4-6-14/h2-6H,7-12H2,1H3,(H,16,20). The van der Waals surface area contributed by atoms with Gasteiger partial charge in [0.25, 0.3) is 0 Å². The Morgan fingerprint density at radius 2 is 1.75 bits per heavy atom. The van der Waals surface area contributed by atoms with Crippen LogP contribution in [0.4, 0.5) is 0 Å². The van der Waals surface area contributed by atoms with Gasteiger partial charge in [-0.05, 0) is 5.56 Å². The van der Waals surface area contributed by atoms with Gasteiger partial charge < -0.3 is 10.2 Å².